The van der Waals surface area contributed by atoms with Crippen LogP contribution in [0.15, 0.2) is 48.5 Å². The van der Waals surface area contributed by atoms with Gasteiger partial charge in [-0.25, -0.2) is 0 Å². The van der Waals surface area contributed by atoms with E-state index in [1.165, 1.54) is 6.42 Å². The van der Waals surface area contributed by atoms with Crippen LogP contribution in [0.25, 0.3) is 0 Å². The second kappa shape index (κ2) is 10.6. The van der Waals surface area contributed by atoms with Crippen LogP contribution in [0.5, 0.6) is 5.75 Å². The number of benzene rings is 2. The molecule has 2 amide bonds. The molecule has 0 bridgehead atoms. The minimum atomic E-state index is -0.598. The molecule has 2 aliphatic heterocycles. The number of para-hydroxylation sites is 2. The Bertz CT molecular complexity index is 952. The first kappa shape index (κ1) is 23.0. The highest BCUT2D eigenvalue weighted by Crippen LogP contribution is 2.33. The van der Waals surface area contributed by atoms with E-state index in [0.29, 0.717) is 12.3 Å². The van der Waals surface area contributed by atoms with Gasteiger partial charge in [-0.3, -0.25) is 9.59 Å². The number of hydrogen-bond donors (Lipinski definition) is 1. The highest BCUT2D eigenvalue weighted by molar-refractivity contribution is 5.95. The Morgan fingerprint density at radius 2 is 1.70 bits per heavy atom. The summed E-state index contributed by atoms with van der Waals surface area (Å²) < 4.78 is 6.06. The van der Waals surface area contributed by atoms with E-state index >= 15 is 0 Å². The van der Waals surface area contributed by atoms with Crippen LogP contribution in [0.4, 0.5) is 17.1 Å². The Balaban J connectivity index is 1.43. The third-order valence-corrected chi connectivity index (χ3v) is 6.42. The Morgan fingerprint density at radius 1 is 1.00 bits per heavy atom. The highest BCUT2D eigenvalue weighted by atomic mass is 16.5. The average molecular weight is 451 g/mol. The zero-order chi connectivity index (χ0) is 23.2. The third-order valence-electron chi connectivity index (χ3n) is 6.42. The van der Waals surface area contributed by atoms with Crippen LogP contribution in [0.2, 0.25) is 0 Å². The first-order valence-corrected chi connectivity index (χ1v) is 12.0. The van der Waals surface area contributed by atoms with Gasteiger partial charge in [-0.1, -0.05) is 12.1 Å². The van der Waals surface area contributed by atoms with E-state index in [4.69, 9.17) is 4.74 Å². The van der Waals surface area contributed by atoms with Crippen molar-refractivity contribution in [1.29, 1.82) is 0 Å². The fraction of sp³-hybridized carbons (Fsp3) is 0.462. The predicted molar refractivity (Wildman–Crippen MR) is 132 cm³/mol. The summed E-state index contributed by atoms with van der Waals surface area (Å²) in [6.07, 6.45) is 2.64. The van der Waals surface area contributed by atoms with Crippen molar-refractivity contribution < 1.29 is 14.3 Å². The maximum atomic E-state index is 13.1. The van der Waals surface area contributed by atoms with Crippen molar-refractivity contribution in [2.75, 3.05) is 54.4 Å². The number of amides is 2. The smallest absolute Gasteiger partial charge is 0.265 e. The standard InChI is InChI=1S/C26H34N4O3/c1-3-28(4-2)21-14-12-20(13-15-21)27-25(31)19-30-18-24(26(32)29-16-8-5-9-17-29)33-23-11-7-6-10-22(23)30/h6-7,10-15,24H,3-5,8-9,16-19H2,1-2H3,(H,27,31)/t24-/m0/s1. The van der Waals surface area contributed by atoms with Crippen molar-refractivity contribution >= 4 is 28.9 Å². The van der Waals surface area contributed by atoms with Gasteiger partial charge in [0, 0.05) is 37.6 Å². The lowest BCUT2D eigenvalue weighted by Crippen LogP contribution is -2.52. The number of nitrogens with one attached hydrogen (secondary N) is 1. The van der Waals surface area contributed by atoms with Gasteiger partial charge in [-0.2, -0.15) is 0 Å². The van der Waals surface area contributed by atoms with Gasteiger partial charge in [0.1, 0.15) is 5.75 Å². The van der Waals surface area contributed by atoms with E-state index in [0.717, 1.165) is 56.1 Å². The van der Waals surface area contributed by atoms with Crippen molar-refractivity contribution in [3.8, 4) is 5.75 Å². The maximum Gasteiger partial charge on any atom is 0.265 e. The largest absolute Gasteiger partial charge is 0.477 e. The number of ether oxygens (including phenoxy) is 1. The number of carbonyl (C=O) groups is 2. The van der Waals surface area contributed by atoms with E-state index in [2.05, 4.69) is 24.1 Å². The molecule has 0 saturated carbocycles. The Kier molecular flexibility index (Phi) is 7.37. The van der Waals surface area contributed by atoms with Gasteiger partial charge < -0.3 is 24.8 Å². The lowest BCUT2D eigenvalue weighted by molar-refractivity contribution is -0.139. The summed E-state index contributed by atoms with van der Waals surface area (Å²) in [6.45, 7) is 8.22. The lowest BCUT2D eigenvalue weighted by Gasteiger charge is -2.38. The number of anilines is 3. The van der Waals surface area contributed by atoms with Gasteiger partial charge in [-0.15, -0.1) is 0 Å². The van der Waals surface area contributed by atoms with E-state index in [1.807, 2.05) is 58.3 Å². The number of rotatable bonds is 7. The van der Waals surface area contributed by atoms with E-state index in [1.54, 1.807) is 0 Å². The Morgan fingerprint density at radius 3 is 2.39 bits per heavy atom. The van der Waals surface area contributed by atoms with Crippen molar-refractivity contribution in [2.45, 2.75) is 39.2 Å². The zero-order valence-corrected chi connectivity index (χ0v) is 19.6. The van der Waals surface area contributed by atoms with Gasteiger partial charge in [-0.05, 0) is 69.5 Å². The summed E-state index contributed by atoms with van der Waals surface area (Å²) >= 11 is 0. The van der Waals surface area contributed by atoms with Crippen LogP contribution in [-0.4, -0.2) is 62.1 Å². The Hall–Kier alpha value is -3.22. The zero-order valence-electron chi connectivity index (χ0n) is 19.6. The highest BCUT2D eigenvalue weighted by Gasteiger charge is 2.34. The van der Waals surface area contributed by atoms with E-state index in [-0.39, 0.29) is 18.4 Å². The first-order valence-electron chi connectivity index (χ1n) is 12.0. The van der Waals surface area contributed by atoms with Crippen LogP contribution >= 0.6 is 0 Å². The molecule has 1 fully saturated rings. The summed E-state index contributed by atoms with van der Waals surface area (Å²) in [5.41, 5.74) is 2.74. The quantitative estimate of drug-likeness (QED) is 0.696. The summed E-state index contributed by atoms with van der Waals surface area (Å²) in [5, 5.41) is 2.99. The van der Waals surface area contributed by atoms with Gasteiger partial charge in [0.05, 0.1) is 18.8 Å². The topological polar surface area (TPSA) is 65.1 Å². The fourth-order valence-corrected chi connectivity index (χ4v) is 4.62. The van der Waals surface area contributed by atoms with E-state index in [9.17, 15) is 9.59 Å². The SMILES string of the molecule is CCN(CC)c1ccc(NC(=O)CN2C[C@@H](C(=O)N3CCCCC3)Oc3ccccc32)cc1. The van der Waals surface area contributed by atoms with Gasteiger partial charge >= 0.3 is 0 Å². The number of fused-ring (bicyclic) bond motifs is 1. The van der Waals surface area contributed by atoms with Gasteiger partial charge in [0.2, 0.25) is 5.91 Å². The summed E-state index contributed by atoms with van der Waals surface area (Å²) in [6, 6.07) is 15.5. The molecule has 176 valence electrons. The lowest BCUT2D eigenvalue weighted by atomic mass is 10.1. The maximum absolute atomic E-state index is 13.1. The minimum absolute atomic E-state index is 0.0154. The molecule has 1 N–H and O–H groups in total. The molecule has 0 aliphatic carbocycles. The van der Waals surface area contributed by atoms with Crippen molar-refractivity contribution in [3.63, 3.8) is 0 Å². The molecular formula is C26H34N4O3. The molecule has 7 nitrogen and oxygen atoms in total. The predicted octanol–water partition coefficient (Wildman–Crippen LogP) is 3.75. The molecule has 1 atom stereocenters. The fourth-order valence-electron chi connectivity index (χ4n) is 4.62. The normalized spacial score (nSPS) is 17.7. The van der Waals surface area contributed by atoms with Gasteiger partial charge in [0.25, 0.3) is 5.91 Å². The molecule has 2 aromatic rings. The molecule has 2 aliphatic rings. The van der Waals surface area contributed by atoms with Crippen molar-refractivity contribution in [1.82, 2.24) is 4.90 Å². The second-order valence-electron chi connectivity index (χ2n) is 8.61. The van der Waals surface area contributed by atoms with Crippen molar-refractivity contribution in [3.05, 3.63) is 48.5 Å². The summed E-state index contributed by atoms with van der Waals surface area (Å²) in [4.78, 5) is 32.1. The number of carbonyl (C=O) groups excluding carboxylic acids is 2. The molecule has 0 spiro atoms. The molecule has 33 heavy (non-hydrogen) atoms. The van der Waals surface area contributed by atoms with Crippen LogP contribution in [-0.2, 0) is 9.59 Å². The van der Waals surface area contributed by atoms with Crippen LogP contribution in [0, 0.1) is 0 Å². The molecule has 2 aromatic carbocycles. The molecule has 0 aromatic heterocycles. The average Bonchev–Trinajstić information content (AvgIpc) is 2.85. The number of nitrogens with zero attached hydrogens (tertiary/aromatic N) is 3. The Labute approximate surface area is 196 Å². The molecule has 1 saturated heterocycles. The first-order chi connectivity index (χ1) is 16.1. The second-order valence-corrected chi connectivity index (χ2v) is 8.61. The van der Waals surface area contributed by atoms with Crippen molar-refractivity contribution in [2.24, 2.45) is 0 Å². The number of likely N-dealkylation sites (tertiary alicyclic amines) is 1. The molecule has 0 radical (unpaired) electrons. The van der Waals surface area contributed by atoms with Crippen LogP contribution < -0.4 is 19.9 Å². The molecule has 2 heterocycles. The molecule has 0 unspecified atom stereocenters. The minimum Gasteiger partial charge on any atom is -0.477 e. The number of piperidine rings is 1. The van der Waals surface area contributed by atoms with E-state index < -0.39 is 6.10 Å². The van der Waals surface area contributed by atoms with Gasteiger partial charge in [0.15, 0.2) is 6.10 Å². The molecular weight excluding hydrogens is 416 g/mol. The summed E-state index contributed by atoms with van der Waals surface area (Å²) in [5.74, 6) is 0.545. The monoisotopic (exact) mass is 450 g/mol. The van der Waals surface area contributed by atoms with Crippen LogP contribution in [0.1, 0.15) is 33.1 Å². The van der Waals surface area contributed by atoms with Crippen LogP contribution in [0.3, 0.4) is 0 Å². The number of hydrogen-bond acceptors (Lipinski definition) is 5. The third kappa shape index (κ3) is 5.41. The summed E-state index contributed by atoms with van der Waals surface area (Å²) in [7, 11) is 0. The molecule has 4 rings (SSSR count). The molecule has 7 heteroatoms.